The van der Waals surface area contributed by atoms with Crippen molar-refractivity contribution in [2.45, 2.75) is 33.6 Å². The minimum Gasteiger partial charge on any atom is -0.469 e. The molecule has 0 bridgehead atoms. The minimum atomic E-state index is -0.503. The van der Waals surface area contributed by atoms with E-state index in [0.717, 1.165) is 37.4 Å². The lowest BCUT2D eigenvalue weighted by atomic mass is 9.74. The van der Waals surface area contributed by atoms with E-state index in [2.05, 4.69) is 20.0 Å². The van der Waals surface area contributed by atoms with Gasteiger partial charge in [0, 0.05) is 24.8 Å². The predicted octanol–water partition coefficient (Wildman–Crippen LogP) is 1.85. The smallest absolute Gasteiger partial charge is 0.311 e. The SMILES string of the molecule is COC(=O)C(C)(C)C1CCCN(c2cc(C)nc3ncnn23)C1. The number of carbonyl (C=O) groups excluding carboxylic acids is 1. The molecule has 0 saturated carbocycles. The summed E-state index contributed by atoms with van der Waals surface area (Å²) in [5.41, 5.74) is 0.409. The number of fused-ring (bicyclic) bond motifs is 1. The Balaban J connectivity index is 1.91. The van der Waals surface area contributed by atoms with Crippen molar-refractivity contribution in [3.8, 4) is 0 Å². The van der Waals surface area contributed by atoms with Crippen LogP contribution in [-0.2, 0) is 9.53 Å². The molecule has 1 fully saturated rings. The first-order valence-corrected chi connectivity index (χ1v) is 7.94. The van der Waals surface area contributed by atoms with Gasteiger partial charge < -0.3 is 9.64 Å². The molecule has 0 N–H and O–H groups in total. The fourth-order valence-corrected chi connectivity index (χ4v) is 3.34. The van der Waals surface area contributed by atoms with E-state index < -0.39 is 5.41 Å². The zero-order valence-corrected chi connectivity index (χ0v) is 14.1. The quantitative estimate of drug-likeness (QED) is 0.805. The molecule has 124 valence electrons. The molecular weight excluding hydrogens is 294 g/mol. The molecule has 0 spiro atoms. The molecular formula is C16H23N5O2. The van der Waals surface area contributed by atoms with Crippen LogP contribution in [0.25, 0.3) is 5.78 Å². The van der Waals surface area contributed by atoms with Crippen LogP contribution in [-0.4, -0.2) is 45.8 Å². The van der Waals surface area contributed by atoms with Gasteiger partial charge in [-0.15, -0.1) is 0 Å². The van der Waals surface area contributed by atoms with Crippen molar-refractivity contribution < 1.29 is 9.53 Å². The molecule has 7 heteroatoms. The highest BCUT2D eigenvalue weighted by atomic mass is 16.5. The van der Waals surface area contributed by atoms with Gasteiger partial charge in [-0.1, -0.05) is 0 Å². The van der Waals surface area contributed by atoms with E-state index in [0.29, 0.717) is 5.78 Å². The van der Waals surface area contributed by atoms with Crippen molar-refractivity contribution in [3.63, 3.8) is 0 Å². The van der Waals surface area contributed by atoms with E-state index in [9.17, 15) is 4.79 Å². The Morgan fingerprint density at radius 2 is 2.22 bits per heavy atom. The number of hydrogen-bond acceptors (Lipinski definition) is 6. The van der Waals surface area contributed by atoms with Crippen molar-refractivity contribution >= 4 is 17.6 Å². The van der Waals surface area contributed by atoms with Crippen LogP contribution in [0, 0.1) is 18.3 Å². The van der Waals surface area contributed by atoms with Gasteiger partial charge in [0.15, 0.2) is 0 Å². The lowest BCUT2D eigenvalue weighted by Gasteiger charge is -2.40. The molecule has 0 radical (unpaired) electrons. The molecule has 1 saturated heterocycles. The van der Waals surface area contributed by atoms with Gasteiger partial charge in [-0.3, -0.25) is 4.79 Å². The summed E-state index contributed by atoms with van der Waals surface area (Å²) in [4.78, 5) is 23.0. The van der Waals surface area contributed by atoms with Crippen LogP contribution in [0.15, 0.2) is 12.4 Å². The summed E-state index contributed by atoms with van der Waals surface area (Å²) < 4.78 is 6.76. The van der Waals surface area contributed by atoms with Crippen molar-refractivity contribution in [1.29, 1.82) is 0 Å². The second-order valence-electron chi connectivity index (χ2n) is 6.73. The third kappa shape index (κ3) is 2.75. The van der Waals surface area contributed by atoms with E-state index in [-0.39, 0.29) is 11.9 Å². The van der Waals surface area contributed by atoms with Gasteiger partial charge >= 0.3 is 5.97 Å². The summed E-state index contributed by atoms with van der Waals surface area (Å²) in [5.74, 6) is 1.67. The zero-order chi connectivity index (χ0) is 16.6. The van der Waals surface area contributed by atoms with E-state index >= 15 is 0 Å². The number of carbonyl (C=O) groups is 1. The van der Waals surface area contributed by atoms with Gasteiger partial charge in [-0.25, -0.2) is 4.98 Å². The molecule has 1 atom stereocenters. The number of rotatable bonds is 3. The summed E-state index contributed by atoms with van der Waals surface area (Å²) in [5, 5.41) is 4.28. The summed E-state index contributed by atoms with van der Waals surface area (Å²) in [6.45, 7) is 7.62. The zero-order valence-electron chi connectivity index (χ0n) is 14.1. The fraction of sp³-hybridized carbons (Fsp3) is 0.625. The monoisotopic (exact) mass is 317 g/mol. The molecule has 3 heterocycles. The van der Waals surface area contributed by atoms with Gasteiger partial charge in [0.1, 0.15) is 12.1 Å². The first-order chi connectivity index (χ1) is 10.9. The van der Waals surface area contributed by atoms with Crippen molar-refractivity contribution in [3.05, 3.63) is 18.1 Å². The van der Waals surface area contributed by atoms with Crippen LogP contribution >= 0.6 is 0 Å². The largest absolute Gasteiger partial charge is 0.469 e. The standard InChI is InChI=1S/C16H23N5O2/c1-11-8-13(21-15(19-11)17-10-18-21)20-7-5-6-12(9-20)16(2,3)14(22)23-4/h8,10,12H,5-7,9H2,1-4H3. The summed E-state index contributed by atoms with van der Waals surface area (Å²) >= 11 is 0. The minimum absolute atomic E-state index is 0.152. The van der Waals surface area contributed by atoms with Crippen molar-refractivity contribution in [1.82, 2.24) is 19.6 Å². The lowest BCUT2D eigenvalue weighted by Crippen LogP contribution is -2.45. The molecule has 3 rings (SSSR count). The number of methoxy groups -OCH3 is 1. The second kappa shape index (κ2) is 5.79. The topological polar surface area (TPSA) is 72.6 Å². The molecule has 23 heavy (non-hydrogen) atoms. The molecule has 2 aromatic rings. The lowest BCUT2D eigenvalue weighted by molar-refractivity contribution is -0.154. The third-order valence-electron chi connectivity index (χ3n) is 4.84. The Kier molecular flexibility index (Phi) is 3.95. The Morgan fingerprint density at radius 3 is 2.96 bits per heavy atom. The number of piperidine rings is 1. The van der Waals surface area contributed by atoms with E-state index in [1.54, 1.807) is 4.52 Å². The molecule has 1 aliphatic heterocycles. The third-order valence-corrected chi connectivity index (χ3v) is 4.84. The molecule has 0 aromatic carbocycles. The molecule has 0 aliphatic carbocycles. The van der Waals surface area contributed by atoms with Crippen LogP contribution in [0.5, 0.6) is 0 Å². The highest BCUT2D eigenvalue weighted by molar-refractivity contribution is 5.76. The Bertz CT molecular complexity index is 724. The van der Waals surface area contributed by atoms with Crippen molar-refractivity contribution in [2.75, 3.05) is 25.1 Å². The van der Waals surface area contributed by atoms with Gasteiger partial charge in [-0.05, 0) is 39.5 Å². The average molecular weight is 317 g/mol. The maximum absolute atomic E-state index is 12.1. The molecule has 2 aromatic heterocycles. The van der Waals surface area contributed by atoms with Crippen LogP contribution in [0.3, 0.4) is 0 Å². The van der Waals surface area contributed by atoms with Gasteiger partial charge in [0.25, 0.3) is 5.78 Å². The highest BCUT2D eigenvalue weighted by Gasteiger charge is 2.40. The predicted molar refractivity (Wildman–Crippen MR) is 86.3 cm³/mol. The van der Waals surface area contributed by atoms with E-state index in [4.69, 9.17) is 4.74 Å². The summed E-state index contributed by atoms with van der Waals surface area (Å²) in [7, 11) is 1.45. The average Bonchev–Trinajstić information content (AvgIpc) is 3.01. The number of aromatic nitrogens is 4. The number of aryl methyl sites for hydroxylation is 1. The van der Waals surface area contributed by atoms with E-state index in [1.165, 1.54) is 13.4 Å². The van der Waals surface area contributed by atoms with Crippen LogP contribution in [0.2, 0.25) is 0 Å². The van der Waals surface area contributed by atoms with Gasteiger partial charge in [-0.2, -0.15) is 14.6 Å². The first-order valence-electron chi connectivity index (χ1n) is 7.94. The number of ether oxygens (including phenoxy) is 1. The van der Waals surface area contributed by atoms with Gasteiger partial charge in [0.05, 0.1) is 12.5 Å². The van der Waals surface area contributed by atoms with Crippen LogP contribution < -0.4 is 4.90 Å². The number of hydrogen-bond donors (Lipinski definition) is 0. The summed E-state index contributed by atoms with van der Waals surface area (Å²) in [6.07, 6.45) is 3.57. The second-order valence-corrected chi connectivity index (χ2v) is 6.73. The molecule has 0 amide bonds. The maximum Gasteiger partial charge on any atom is 0.311 e. The summed E-state index contributed by atoms with van der Waals surface area (Å²) in [6, 6.07) is 2.02. The molecule has 7 nitrogen and oxygen atoms in total. The number of esters is 1. The van der Waals surface area contributed by atoms with E-state index in [1.807, 2.05) is 26.8 Å². The molecule has 1 unspecified atom stereocenters. The Labute approximate surface area is 135 Å². The van der Waals surface area contributed by atoms with Crippen molar-refractivity contribution in [2.24, 2.45) is 11.3 Å². The number of anilines is 1. The van der Waals surface area contributed by atoms with Crippen LogP contribution in [0.4, 0.5) is 5.82 Å². The highest BCUT2D eigenvalue weighted by Crippen LogP contribution is 2.36. The fourth-order valence-electron chi connectivity index (χ4n) is 3.34. The number of nitrogens with zero attached hydrogens (tertiary/aromatic N) is 5. The van der Waals surface area contributed by atoms with Gasteiger partial charge in [0.2, 0.25) is 0 Å². The first kappa shape index (κ1) is 15.7. The Morgan fingerprint density at radius 1 is 1.43 bits per heavy atom. The molecule has 1 aliphatic rings. The normalized spacial score (nSPS) is 19.1. The van der Waals surface area contributed by atoms with Crippen LogP contribution in [0.1, 0.15) is 32.4 Å². The Hall–Kier alpha value is -2.18. The maximum atomic E-state index is 12.1.